The second-order valence-electron chi connectivity index (χ2n) is 7.91. The Morgan fingerprint density at radius 2 is 1.59 bits per heavy atom. The Morgan fingerprint density at radius 1 is 1.00 bits per heavy atom. The predicted octanol–water partition coefficient (Wildman–Crippen LogP) is 2.81. The van der Waals surface area contributed by atoms with Crippen LogP contribution in [-0.4, -0.2) is 41.6 Å². The Kier molecular flexibility index (Phi) is 8.82. The van der Waals surface area contributed by atoms with Crippen molar-refractivity contribution in [1.82, 2.24) is 10.6 Å². The van der Waals surface area contributed by atoms with E-state index in [0.717, 1.165) is 0 Å². The van der Waals surface area contributed by atoms with Gasteiger partial charge in [0, 0.05) is 0 Å². The molecule has 1 rings (SSSR count). The van der Waals surface area contributed by atoms with Gasteiger partial charge in [0.2, 0.25) is 5.91 Å². The van der Waals surface area contributed by atoms with E-state index in [2.05, 4.69) is 10.6 Å². The molecule has 0 saturated carbocycles. The van der Waals surface area contributed by atoms with Crippen molar-refractivity contribution in [3.05, 3.63) is 35.9 Å². The average Bonchev–Trinajstić information content (AvgIpc) is 2.62. The maximum Gasteiger partial charge on any atom is 0.408 e. The van der Waals surface area contributed by atoms with Gasteiger partial charge < -0.3 is 20.1 Å². The van der Waals surface area contributed by atoms with Gasteiger partial charge in [0.15, 0.2) is 0 Å². The lowest BCUT2D eigenvalue weighted by molar-refractivity contribution is -0.143. The number of hydrogen-bond acceptors (Lipinski definition) is 6. The highest BCUT2D eigenvalue weighted by Gasteiger charge is 2.31. The molecule has 8 heteroatoms. The van der Waals surface area contributed by atoms with E-state index in [-0.39, 0.29) is 17.9 Å². The number of esters is 2. The van der Waals surface area contributed by atoms with E-state index in [1.54, 1.807) is 59.7 Å². The molecule has 0 aliphatic carbocycles. The van der Waals surface area contributed by atoms with Crippen molar-refractivity contribution in [2.24, 2.45) is 5.92 Å². The summed E-state index contributed by atoms with van der Waals surface area (Å²) in [6.45, 7) is 10.3. The molecule has 0 unspecified atom stereocenters. The average molecular weight is 406 g/mol. The number of hydrogen-bond donors (Lipinski definition) is 2. The van der Waals surface area contributed by atoms with E-state index in [1.165, 1.54) is 12.1 Å². The maximum atomic E-state index is 12.6. The summed E-state index contributed by atoms with van der Waals surface area (Å²) in [6.07, 6.45) is -0.523. The minimum atomic E-state index is -1.03. The zero-order valence-corrected chi connectivity index (χ0v) is 17.8. The molecule has 2 atom stereocenters. The molecule has 1 aromatic carbocycles. The molecule has 0 spiro atoms. The number of carbonyl (C=O) groups is 4. The van der Waals surface area contributed by atoms with Crippen LogP contribution in [0, 0.1) is 5.92 Å². The molecule has 2 N–H and O–H groups in total. The highest BCUT2D eigenvalue weighted by molar-refractivity contribution is 5.99. The monoisotopic (exact) mass is 406 g/mol. The summed E-state index contributed by atoms with van der Waals surface area (Å²) < 4.78 is 10.1. The normalized spacial score (nSPS) is 13.2. The van der Waals surface area contributed by atoms with Crippen LogP contribution in [0.2, 0.25) is 0 Å². The number of ether oxygens (including phenoxy) is 2. The quantitative estimate of drug-likeness (QED) is 0.532. The maximum absolute atomic E-state index is 12.6. The van der Waals surface area contributed by atoms with E-state index < -0.39 is 41.6 Å². The summed E-state index contributed by atoms with van der Waals surface area (Å²) in [6, 6.07) is 6.13. The van der Waals surface area contributed by atoms with Gasteiger partial charge in [-0.3, -0.25) is 4.79 Å². The molecular weight excluding hydrogens is 376 g/mol. The summed E-state index contributed by atoms with van der Waals surface area (Å²) >= 11 is 0. The molecule has 0 aromatic heterocycles. The first-order valence-corrected chi connectivity index (χ1v) is 9.55. The van der Waals surface area contributed by atoms with Gasteiger partial charge in [0.05, 0.1) is 5.56 Å². The lowest BCUT2D eigenvalue weighted by Crippen LogP contribution is -2.54. The number of amides is 2. The van der Waals surface area contributed by atoms with Crippen molar-refractivity contribution < 1.29 is 28.7 Å². The summed E-state index contributed by atoms with van der Waals surface area (Å²) in [5.41, 5.74) is -0.482. The van der Waals surface area contributed by atoms with E-state index in [1.807, 2.05) is 0 Å². The molecule has 0 aliphatic rings. The topological polar surface area (TPSA) is 111 Å². The first-order chi connectivity index (χ1) is 13.4. The third-order valence-electron chi connectivity index (χ3n) is 3.83. The van der Waals surface area contributed by atoms with Crippen LogP contribution < -0.4 is 10.6 Å². The van der Waals surface area contributed by atoms with Crippen LogP contribution in [0.5, 0.6) is 0 Å². The smallest absolute Gasteiger partial charge is 0.408 e. The van der Waals surface area contributed by atoms with Crippen LogP contribution in [0.25, 0.3) is 0 Å². The van der Waals surface area contributed by atoms with Gasteiger partial charge in [-0.1, -0.05) is 39.0 Å². The molecule has 0 bridgehead atoms. The van der Waals surface area contributed by atoms with E-state index in [0.29, 0.717) is 0 Å². The molecule has 0 fully saturated rings. The van der Waals surface area contributed by atoms with Gasteiger partial charge >= 0.3 is 18.0 Å². The van der Waals surface area contributed by atoms with E-state index in [9.17, 15) is 19.2 Å². The lowest BCUT2D eigenvalue weighted by Gasteiger charge is -2.26. The minimum absolute atomic E-state index is 0.212. The van der Waals surface area contributed by atoms with Gasteiger partial charge in [-0.15, -0.1) is 0 Å². The first-order valence-electron chi connectivity index (χ1n) is 9.55. The minimum Gasteiger partial charge on any atom is -0.444 e. The Labute approximate surface area is 171 Å². The molecule has 0 aliphatic heterocycles. The second-order valence-corrected chi connectivity index (χ2v) is 7.91. The molecule has 2 amide bonds. The van der Waals surface area contributed by atoms with Gasteiger partial charge in [0.25, 0.3) is 0 Å². The lowest BCUT2D eigenvalue weighted by atomic mass is 10.0. The SMILES string of the molecule is CC[C@H](NC(=O)[C@@H](NC(=O)OC(C)(C)C)C(C)C)C(=O)OC(=O)c1ccccc1. The summed E-state index contributed by atoms with van der Waals surface area (Å²) in [7, 11) is 0. The van der Waals surface area contributed by atoms with Crippen molar-refractivity contribution in [2.45, 2.75) is 65.6 Å². The summed E-state index contributed by atoms with van der Waals surface area (Å²) in [4.78, 5) is 49.0. The van der Waals surface area contributed by atoms with Gasteiger partial charge in [-0.2, -0.15) is 0 Å². The first kappa shape index (κ1) is 24.1. The molecule has 8 nitrogen and oxygen atoms in total. The zero-order valence-electron chi connectivity index (χ0n) is 17.8. The molecule has 0 saturated heterocycles. The Balaban J connectivity index is 2.76. The number of carbonyl (C=O) groups excluding carboxylic acids is 4. The molecule has 0 radical (unpaired) electrons. The largest absolute Gasteiger partial charge is 0.444 e. The van der Waals surface area contributed by atoms with Gasteiger partial charge in [-0.25, -0.2) is 14.4 Å². The van der Waals surface area contributed by atoms with E-state index >= 15 is 0 Å². The molecule has 160 valence electrons. The fourth-order valence-electron chi connectivity index (χ4n) is 2.35. The van der Waals surface area contributed by atoms with E-state index in [4.69, 9.17) is 9.47 Å². The number of nitrogens with one attached hydrogen (secondary N) is 2. The van der Waals surface area contributed by atoms with Crippen molar-refractivity contribution >= 4 is 23.9 Å². The van der Waals surface area contributed by atoms with Crippen LogP contribution >= 0.6 is 0 Å². The summed E-state index contributed by atoms with van der Waals surface area (Å²) in [5, 5.41) is 5.05. The molecule has 0 heterocycles. The Bertz CT molecular complexity index is 724. The van der Waals surface area contributed by atoms with Crippen LogP contribution in [0.1, 0.15) is 58.3 Å². The van der Waals surface area contributed by atoms with Crippen molar-refractivity contribution in [3.8, 4) is 0 Å². The van der Waals surface area contributed by atoms with Crippen molar-refractivity contribution in [3.63, 3.8) is 0 Å². The third-order valence-corrected chi connectivity index (χ3v) is 3.83. The highest BCUT2D eigenvalue weighted by atomic mass is 16.6. The standard InChI is InChI=1S/C21H30N2O6/c1-7-15(19(26)28-18(25)14-11-9-8-10-12-14)22-17(24)16(13(2)3)23-20(27)29-21(4,5)6/h8-13,15-16H,7H2,1-6H3,(H,22,24)(H,23,27)/t15-,16-/m0/s1. The zero-order chi connectivity index (χ0) is 22.2. The number of benzene rings is 1. The predicted molar refractivity (Wildman–Crippen MR) is 107 cm³/mol. The number of alkyl carbamates (subject to hydrolysis) is 1. The Hall–Kier alpha value is -2.90. The Morgan fingerprint density at radius 3 is 2.07 bits per heavy atom. The fourth-order valence-corrected chi connectivity index (χ4v) is 2.35. The van der Waals surface area contributed by atoms with Crippen molar-refractivity contribution in [2.75, 3.05) is 0 Å². The van der Waals surface area contributed by atoms with Gasteiger partial charge in [-0.05, 0) is 45.2 Å². The summed E-state index contributed by atoms with van der Waals surface area (Å²) in [5.74, 6) is -2.49. The van der Waals surface area contributed by atoms with Crippen LogP contribution in [0.4, 0.5) is 4.79 Å². The number of rotatable bonds is 7. The van der Waals surface area contributed by atoms with Crippen molar-refractivity contribution in [1.29, 1.82) is 0 Å². The van der Waals surface area contributed by atoms with Crippen LogP contribution in [0.15, 0.2) is 30.3 Å². The van der Waals surface area contributed by atoms with Crippen LogP contribution in [0.3, 0.4) is 0 Å². The fraction of sp³-hybridized carbons (Fsp3) is 0.524. The molecular formula is C21H30N2O6. The molecule has 1 aromatic rings. The second kappa shape index (κ2) is 10.6. The third kappa shape index (κ3) is 8.33. The molecule has 29 heavy (non-hydrogen) atoms. The highest BCUT2D eigenvalue weighted by Crippen LogP contribution is 2.10. The van der Waals surface area contributed by atoms with Crippen LogP contribution in [-0.2, 0) is 19.1 Å². The van der Waals surface area contributed by atoms with Gasteiger partial charge in [0.1, 0.15) is 17.7 Å².